The van der Waals surface area contributed by atoms with E-state index in [1.54, 1.807) is 0 Å². The van der Waals surface area contributed by atoms with Crippen LogP contribution in [-0.4, -0.2) is 41.0 Å². The lowest BCUT2D eigenvalue weighted by atomic mass is 10.2. The Kier molecular flexibility index (Phi) is 5.79. The van der Waals surface area contributed by atoms with Gasteiger partial charge in [-0.15, -0.1) is 0 Å². The number of nitrogens with one attached hydrogen (secondary N) is 2. The summed E-state index contributed by atoms with van der Waals surface area (Å²) in [5.74, 6) is -2.07. The Labute approximate surface area is 121 Å². The number of carbonyl (C=O) groups excluding carboxylic acids is 2. The van der Waals surface area contributed by atoms with Crippen LogP contribution in [0.15, 0.2) is 23.1 Å². The third-order valence-corrected chi connectivity index (χ3v) is 4.06. The van der Waals surface area contributed by atoms with Gasteiger partial charge in [0.2, 0.25) is 15.9 Å². The largest absolute Gasteiger partial charge is 0.465 e. The Morgan fingerprint density at radius 1 is 1.33 bits per heavy atom. The van der Waals surface area contributed by atoms with Crippen molar-refractivity contribution in [1.29, 1.82) is 0 Å². The van der Waals surface area contributed by atoms with Crippen molar-refractivity contribution in [2.75, 3.05) is 20.7 Å². The maximum atomic E-state index is 13.2. The van der Waals surface area contributed by atoms with Crippen molar-refractivity contribution in [3.05, 3.63) is 29.6 Å². The molecule has 0 atom stereocenters. The molecule has 0 aliphatic carbocycles. The first kappa shape index (κ1) is 17.1. The predicted octanol–water partition coefficient (Wildman–Crippen LogP) is 0.0267. The Balaban J connectivity index is 3.04. The molecule has 0 aromatic heterocycles. The SMILES string of the molecule is CNC(=O)CCNS(=O)(=O)c1cc(F)ccc1C(=O)OC. The van der Waals surface area contributed by atoms with Crippen molar-refractivity contribution in [2.45, 2.75) is 11.3 Å². The van der Waals surface area contributed by atoms with Crippen molar-refractivity contribution >= 4 is 21.9 Å². The predicted molar refractivity (Wildman–Crippen MR) is 71.6 cm³/mol. The van der Waals surface area contributed by atoms with E-state index in [2.05, 4.69) is 14.8 Å². The molecule has 1 amide bonds. The third-order valence-electron chi connectivity index (χ3n) is 2.56. The number of benzene rings is 1. The molecule has 0 bridgehead atoms. The van der Waals surface area contributed by atoms with Crippen LogP contribution in [0.1, 0.15) is 16.8 Å². The summed E-state index contributed by atoms with van der Waals surface area (Å²) in [6.07, 6.45) is -0.0847. The van der Waals surface area contributed by atoms with Crippen molar-refractivity contribution in [1.82, 2.24) is 10.0 Å². The molecule has 1 aromatic carbocycles. The number of carbonyl (C=O) groups is 2. The highest BCUT2D eigenvalue weighted by Crippen LogP contribution is 2.18. The quantitative estimate of drug-likeness (QED) is 0.720. The Bertz CT molecular complexity index is 645. The zero-order chi connectivity index (χ0) is 16.0. The van der Waals surface area contributed by atoms with E-state index in [-0.39, 0.29) is 24.4 Å². The van der Waals surface area contributed by atoms with Crippen LogP contribution in [0.25, 0.3) is 0 Å². The number of methoxy groups -OCH3 is 1. The summed E-state index contributed by atoms with van der Waals surface area (Å²) in [4.78, 5) is 22.0. The Morgan fingerprint density at radius 2 is 2.00 bits per heavy atom. The number of halogens is 1. The van der Waals surface area contributed by atoms with Gasteiger partial charge in [0, 0.05) is 20.0 Å². The van der Waals surface area contributed by atoms with Crippen LogP contribution < -0.4 is 10.0 Å². The minimum Gasteiger partial charge on any atom is -0.465 e. The fraction of sp³-hybridized carbons (Fsp3) is 0.333. The highest BCUT2D eigenvalue weighted by Gasteiger charge is 2.23. The second-order valence-corrected chi connectivity index (χ2v) is 5.69. The Hall–Kier alpha value is -2.00. The second-order valence-electron chi connectivity index (χ2n) is 3.95. The molecule has 1 aromatic rings. The zero-order valence-electron chi connectivity index (χ0n) is 11.5. The number of esters is 1. The number of hydrogen-bond donors (Lipinski definition) is 2. The molecule has 0 aliphatic rings. The summed E-state index contributed by atoms with van der Waals surface area (Å²) in [6, 6.07) is 2.69. The van der Waals surface area contributed by atoms with E-state index in [0.717, 1.165) is 19.2 Å². The summed E-state index contributed by atoms with van der Waals surface area (Å²) in [7, 11) is -1.64. The van der Waals surface area contributed by atoms with E-state index in [0.29, 0.717) is 6.07 Å². The lowest BCUT2D eigenvalue weighted by Gasteiger charge is -2.10. The Morgan fingerprint density at radius 3 is 2.57 bits per heavy atom. The van der Waals surface area contributed by atoms with E-state index in [1.807, 2.05) is 0 Å². The fourth-order valence-corrected chi connectivity index (χ4v) is 2.73. The summed E-state index contributed by atoms with van der Waals surface area (Å²) in [5, 5.41) is 2.33. The smallest absolute Gasteiger partial charge is 0.339 e. The fourth-order valence-electron chi connectivity index (χ4n) is 1.50. The first-order valence-corrected chi connectivity index (χ1v) is 7.38. The van der Waals surface area contributed by atoms with E-state index in [4.69, 9.17) is 0 Å². The molecule has 0 saturated carbocycles. The molecule has 21 heavy (non-hydrogen) atoms. The van der Waals surface area contributed by atoms with Crippen molar-refractivity contribution in [3.8, 4) is 0 Å². The summed E-state index contributed by atoms with van der Waals surface area (Å²) < 4.78 is 44.0. The summed E-state index contributed by atoms with van der Waals surface area (Å²) >= 11 is 0. The van der Waals surface area contributed by atoms with Gasteiger partial charge < -0.3 is 10.1 Å². The minimum absolute atomic E-state index is 0.0847. The normalized spacial score (nSPS) is 11.0. The molecule has 0 radical (unpaired) electrons. The van der Waals surface area contributed by atoms with Gasteiger partial charge in [-0.25, -0.2) is 22.3 Å². The van der Waals surface area contributed by atoms with Crippen LogP contribution in [0, 0.1) is 5.82 Å². The monoisotopic (exact) mass is 318 g/mol. The van der Waals surface area contributed by atoms with E-state index >= 15 is 0 Å². The number of ether oxygens (including phenoxy) is 1. The first-order chi connectivity index (χ1) is 9.81. The topological polar surface area (TPSA) is 102 Å². The molecule has 0 unspecified atom stereocenters. The second kappa shape index (κ2) is 7.14. The number of amides is 1. The van der Waals surface area contributed by atoms with Gasteiger partial charge in [-0.1, -0.05) is 0 Å². The molecule has 1 rings (SSSR count). The molecule has 0 spiro atoms. The average Bonchev–Trinajstić information content (AvgIpc) is 2.45. The molecule has 116 valence electrons. The molecule has 7 nitrogen and oxygen atoms in total. The molecular formula is C12H15FN2O5S. The van der Waals surface area contributed by atoms with Crippen molar-refractivity contribution in [3.63, 3.8) is 0 Å². The van der Waals surface area contributed by atoms with Crippen molar-refractivity contribution < 1.29 is 27.1 Å². The number of rotatable bonds is 6. The van der Waals surface area contributed by atoms with Gasteiger partial charge in [-0.05, 0) is 18.2 Å². The number of sulfonamides is 1. The lowest BCUT2D eigenvalue weighted by Crippen LogP contribution is -2.30. The first-order valence-electron chi connectivity index (χ1n) is 5.90. The summed E-state index contributed by atoms with van der Waals surface area (Å²) in [5.41, 5.74) is -0.286. The summed E-state index contributed by atoms with van der Waals surface area (Å²) in [6.45, 7) is -0.181. The standard InChI is InChI=1S/C12H15FN2O5S/c1-14-11(16)5-6-15-21(18,19)10-7-8(13)3-4-9(10)12(17)20-2/h3-4,7,15H,5-6H2,1-2H3,(H,14,16). The van der Waals surface area contributed by atoms with Gasteiger partial charge in [0.25, 0.3) is 0 Å². The van der Waals surface area contributed by atoms with Crippen LogP contribution >= 0.6 is 0 Å². The molecular weight excluding hydrogens is 303 g/mol. The van der Waals surface area contributed by atoms with Gasteiger partial charge in [0.15, 0.2) is 0 Å². The van der Waals surface area contributed by atoms with Crippen LogP contribution in [0.4, 0.5) is 4.39 Å². The van der Waals surface area contributed by atoms with Gasteiger partial charge in [0.1, 0.15) is 5.82 Å². The highest BCUT2D eigenvalue weighted by atomic mass is 32.2. The van der Waals surface area contributed by atoms with Gasteiger partial charge in [-0.2, -0.15) is 0 Å². The average molecular weight is 318 g/mol. The van der Waals surface area contributed by atoms with Crippen LogP contribution in [0.2, 0.25) is 0 Å². The maximum Gasteiger partial charge on any atom is 0.339 e. The molecule has 0 aliphatic heterocycles. The minimum atomic E-state index is -4.14. The lowest BCUT2D eigenvalue weighted by molar-refractivity contribution is -0.120. The maximum absolute atomic E-state index is 13.2. The van der Waals surface area contributed by atoms with Crippen LogP contribution in [0.5, 0.6) is 0 Å². The zero-order valence-corrected chi connectivity index (χ0v) is 12.3. The van der Waals surface area contributed by atoms with E-state index in [9.17, 15) is 22.4 Å². The molecule has 0 fully saturated rings. The van der Waals surface area contributed by atoms with Gasteiger partial charge in [0.05, 0.1) is 17.6 Å². The van der Waals surface area contributed by atoms with Crippen molar-refractivity contribution in [2.24, 2.45) is 0 Å². The number of hydrogen-bond acceptors (Lipinski definition) is 5. The molecule has 9 heteroatoms. The van der Waals surface area contributed by atoms with Gasteiger partial charge >= 0.3 is 5.97 Å². The van der Waals surface area contributed by atoms with Gasteiger partial charge in [-0.3, -0.25) is 4.79 Å². The third kappa shape index (κ3) is 4.50. The van der Waals surface area contributed by atoms with Crippen LogP contribution in [0.3, 0.4) is 0 Å². The van der Waals surface area contributed by atoms with Crippen LogP contribution in [-0.2, 0) is 19.6 Å². The molecule has 2 N–H and O–H groups in total. The van der Waals surface area contributed by atoms with E-state index < -0.39 is 26.7 Å². The van der Waals surface area contributed by atoms with E-state index in [1.165, 1.54) is 7.05 Å². The molecule has 0 saturated heterocycles. The highest BCUT2D eigenvalue weighted by molar-refractivity contribution is 7.89. The molecule has 0 heterocycles.